The Labute approximate surface area is 91.4 Å². The summed E-state index contributed by atoms with van der Waals surface area (Å²) in [6.45, 7) is 8.95. The molecular weight excluding hydrogens is 194 g/mol. The zero-order valence-corrected chi connectivity index (χ0v) is 10.2. The predicted octanol–water partition coefficient (Wildman–Crippen LogP) is 2.27. The molecule has 0 heterocycles. The highest BCUT2D eigenvalue weighted by molar-refractivity contribution is 5.86. The van der Waals surface area contributed by atoms with Crippen LogP contribution in [0.4, 0.5) is 4.79 Å². The molecule has 0 rings (SSSR count). The van der Waals surface area contributed by atoms with E-state index in [-0.39, 0.29) is 5.78 Å². The number of hydrogen-bond acceptors (Lipinski definition) is 3. The fraction of sp³-hybridized carbons (Fsp3) is 0.818. The zero-order valence-electron chi connectivity index (χ0n) is 10.2. The second-order valence-corrected chi connectivity index (χ2v) is 4.58. The van der Waals surface area contributed by atoms with Crippen molar-refractivity contribution in [1.29, 1.82) is 0 Å². The van der Waals surface area contributed by atoms with Crippen LogP contribution in [0.5, 0.6) is 0 Å². The molecule has 4 nitrogen and oxygen atoms in total. The van der Waals surface area contributed by atoms with Crippen molar-refractivity contribution in [2.45, 2.75) is 59.1 Å². The molecule has 1 atom stereocenters. The van der Waals surface area contributed by atoms with E-state index in [9.17, 15) is 9.59 Å². The summed E-state index contributed by atoms with van der Waals surface area (Å²) in [4.78, 5) is 22.7. The maximum atomic E-state index is 11.4. The van der Waals surface area contributed by atoms with Gasteiger partial charge in [-0.15, -0.1) is 0 Å². The first-order chi connectivity index (χ1) is 6.76. The molecule has 0 saturated heterocycles. The molecule has 88 valence electrons. The number of rotatable bonds is 4. The molecule has 1 N–H and O–H groups in total. The van der Waals surface area contributed by atoms with Crippen molar-refractivity contribution >= 4 is 11.9 Å². The number of nitrogens with one attached hydrogen (secondary N) is 1. The average molecular weight is 215 g/mol. The molecule has 0 aromatic heterocycles. The first-order valence-corrected chi connectivity index (χ1v) is 5.28. The molecule has 0 aromatic rings. The third-order valence-electron chi connectivity index (χ3n) is 1.71. The van der Waals surface area contributed by atoms with Crippen molar-refractivity contribution < 1.29 is 14.3 Å². The minimum Gasteiger partial charge on any atom is -0.444 e. The maximum Gasteiger partial charge on any atom is 0.408 e. The van der Waals surface area contributed by atoms with Crippen LogP contribution in [-0.2, 0) is 9.53 Å². The van der Waals surface area contributed by atoms with Crippen LogP contribution in [0, 0.1) is 0 Å². The van der Waals surface area contributed by atoms with Gasteiger partial charge < -0.3 is 10.1 Å². The molecule has 0 aromatic carbocycles. The van der Waals surface area contributed by atoms with E-state index < -0.39 is 17.7 Å². The molecule has 1 amide bonds. The van der Waals surface area contributed by atoms with Gasteiger partial charge >= 0.3 is 6.09 Å². The molecule has 0 bridgehead atoms. The second-order valence-electron chi connectivity index (χ2n) is 4.58. The minimum absolute atomic E-state index is 0.0309. The Morgan fingerprint density at radius 1 is 1.33 bits per heavy atom. The van der Waals surface area contributed by atoms with E-state index in [1.54, 1.807) is 27.7 Å². The molecular formula is C11H21NO3. The fourth-order valence-corrected chi connectivity index (χ4v) is 1.03. The smallest absolute Gasteiger partial charge is 0.408 e. The molecule has 15 heavy (non-hydrogen) atoms. The highest BCUT2D eigenvalue weighted by Crippen LogP contribution is 2.07. The van der Waals surface area contributed by atoms with Crippen LogP contribution in [0.1, 0.15) is 47.5 Å². The van der Waals surface area contributed by atoms with Crippen molar-refractivity contribution in [3.05, 3.63) is 0 Å². The van der Waals surface area contributed by atoms with Crippen molar-refractivity contribution in [2.24, 2.45) is 0 Å². The largest absolute Gasteiger partial charge is 0.444 e. The van der Waals surface area contributed by atoms with E-state index in [0.717, 1.165) is 6.42 Å². The number of ether oxygens (including phenoxy) is 1. The third kappa shape index (κ3) is 6.94. The van der Waals surface area contributed by atoms with E-state index in [1.165, 1.54) is 0 Å². The van der Waals surface area contributed by atoms with Gasteiger partial charge in [0, 0.05) is 6.42 Å². The first kappa shape index (κ1) is 13.9. The molecule has 0 spiro atoms. The fourth-order valence-electron chi connectivity index (χ4n) is 1.03. The van der Waals surface area contributed by atoms with Gasteiger partial charge in [-0.1, -0.05) is 6.92 Å². The van der Waals surface area contributed by atoms with Crippen molar-refractivity contribution in [3.63, 3.8) is 0 Å². The first-order valence-electron chi connectivity index (χ1n) is 5.28. The third-order valence-corrected chi connectivity index (χ3v) is 1.71. The summed E-state index contributed by atoms with van der Waals surface area (Å²) in [5, 5.41) is 2.51. The van der Waals surface area contributed by atoms with Gasteiger partial charge in [0.1, 0.15) is 5.60 Å². The SMILES string of the molecule is CCCC(=O)[C@@H](C)NC(=O)OC(C)(C)C. The van der Waals surface area contributed by atoms with Crippen LogP contribution in [0.15, 0.2) is 0 Å². The van der Waals surface area contributed by atoms with Gasteiger partial charge in [-0.3, -0.25) is 4.79 Å². The molecule has 0 aliphatic carbocycles. The molecule has 0 unspecified atom stereocenters. The molecule has 0 saturated carbocycles. The van der Waals surface area contributed by atoms with E-state index in [2.05, 4.69) is 5.32 Å². The van der Waals surface area contributed by atoms with Gasteiger partial charge in [-0.05, 0) is 34.1 Å². The summed E-state index contributed by atoms with van der Waals surface area (Å²) in [6.07, 6.45) is 0.732. The monoisotopic (exact) mass is 215 g/mol. The number of ketones is 1. The summed E-state index contributed by atoms with van der Waals surface area (Å²) in [5.74, 6) is 0.0309. The summed E-state index contributed by atoms with van der Waals surface area (Å²) >= 11 is 0. The van der Waals surface area contributed by atoms with Crippen LogP contribution in [0.2, 0.25) is 0 Å². The number of carbonyl (C=O) groups is 2. The molecule has 0 aliphatic heterocycles. The number of alkyl carbamates (subject to hydrolysis) is 1. The maximum absolute atomic E-state index is 11.4. The Balaban J connectivity index is 4.02. The lowest BCUT2D eigenvalue weighted by atomic mass is 10.1. The topological polar surface area (TPSA) is 55.4 Å². The van der Waals surface area contributed by atoms with Gasteiger partial charge in [0.25, 0.3) is 0 Å². The van der Waals surface area contributed by atoms with Gasteiger partial charge in [-0.25, -0.2) is 4.79 Å². The Hall–Kier alpha value is -1.06. The zero-order chi connectivity index (χ0) is 12.1. The van der Waals surface area contributed by atoms with Crippen LogP contribution in [-0.4, -0.2) is 23.5 Å². The minimum atomic E-state index is -0.542. The number of Topliss-reactive ketones (excluding diaryl/α,β-unsaturated/α-hetero) is 1. The Morgan fingerprint density at radius 3 is 2.27 bits per heavy atom. The van der Waals surface area contributed by atoms with E-state index in [1.807, 2.05) is 6.92 Å². The van der Waals surface area contributed by atoms with Gasteiger partial charge in [0.05, 0.1) is 6.04 Å². The van der Waals surface area contributed by atoms with Crippen LogP contribution in [0.25, 0.3) is 0 Å². The van der Waals surface area contributed by atoms with Crippen molar-refractivity contribution in [1.82, 2.24) is 5.32 Å². The van der Waals surface area contributed by atoms with E-state index in [0.29, 0.717) is 6.42 Å². The Kier molecular flexibility index (Phi) is 5.33. The average Bonchev–Trinajstić information content (AvgIpc) is 2.00. The van der Waals surface area contributed by atoms with Crippen LogP contribution >= 0.6 is 0 Å². The number of amides is 1. The van der Waals surface area contributed by atoms with E-state index >= 15 is 0 Å². The highest BCUT2D eigenvalue weighted by atomic mass is 16.6. The number of carbonyl (C=O) groups excluding carboxylic acids is 2. The lowest BCUT2D eigenvalue weighted by molar-refractivity contribution is -0.120. The summed E-state index contributed by atoms with van der Waals surface area (Å²) < 4.78 is 5.03. The Bertz CT molecular complexity index is 230. The summed E-state index contributed by atoms with van der Waals surface area (Å²) in [5.41, 5.74) is -0.530. The lowest BCUT2D eigenvalue weighted by Gasteiger charge is -2.21. The normalized spacial score (nSPS) is 13.1. The van der Waals surface area contributed by atoms with Crippen LogP contribution < -0.4 is 5.32 Å². The predicted molar refractivity (Wildman–Crippen MR) is 58.7 cm³/mol. The standard InChI is InChI=1S/C11H21NO3/c1-6-7-9(13)8(2)12-10(14)15-11(3,4)5/h8H,6-7H2,1-5H3,(H,12,14)/t8-/m1/s1. The second kappa shape index (κ2) is 5.73. The van der Waals surface area contributed by atoms with Gasteiger partial charge in [0.2, 0.25) is 0 Å². The van der Waals surface area contributed by atoms with Gasteiger partial charge in [0.15, 0.2) is 5.78 Å². The highest BCUT2D eigenvalue weighted by Gasteiger charge is 2.20. The molecule has 0 fully saturated rings. The van der Waals surface area contributed by atoms with E-state index in [4.69, 9.17) is 4.74 Å². The van der Waals surface area contributed by atoms with Crippen molar-refractivity contribution in [3.8, 4) is 0 Å². The molecule has 4 heteroatoms. The molecule has 0 radical (unpaired) electrons. The summed E-state index contributed by atoms with van der Waals surface area (Å²) in [7, 11) is 0. The number of hydrogen-bond donors (Lipinski definition) is 1. The van der Waals surface area contributed by atoms with Crippen molar-refractivity contribution in [2.75, 3.05) is 0 Å². The van der Waals surface area contributed by atoms with Crippen LogP contribution in [0.3, 0.4) is 0 Å². The Morgan fingerprint density at radius 2 is 1.87 bits per heavy atom. The van der Waals surface area contributed by atoms with Gasteiger partial charge in [-0.2, -0.15) is 0 Å². The quantitative estimate of drug-likeness (QED) is 0.782. The summed E-state index contributed by atoms with van der Waals surface area (Å²) in [6, 6.07) is -0.472. The lowest BCUT2D eigenvalue weighted by Crippen LogP contribution is -2.41. The molecule has 0 aliphatic rings.